The summed E-state index contributed by atoms with van der Waals surface area (Å²) in [6.45, 7) is 1.89. The Morgan fingerprint density at radius 2 is 2.19 bits per heavy atom. The van der Waals surface area contributed by atoms with Crippen LogP contribution in [0.5, 0.6) is 0 Å². The first kappa shape index (κ1) is 11.1. The number of rotatable bonds is 2. The highest BCUT2D eigenvalue weighted by Crippen LogP contribution is 2.24. The Balaban J connectivity index is 2.55. The van der Waals surface area contributed by atoms with Gasteiger partial charge in [0.05, 0.1) is 0 Å². The molecule has 5 nitrogen and oxygen atoms in total. The van der Waals surface area contributed by atoms with Gasteiger partial charge in [-0.25, -0.2) is 4.79 Å². The molecule has 1 aromatic heterocycles. The van der Waals surface area contributed by atoms with Crippen LogP contribution in [0.3, 0.4) is 0 Å². The average molecular weight is 240 g/mol. The first-order valence-electron chi connectivity index (χ1n) is 4.93. The monoisotopic (exact) mass is 240 g/mol. The third-order valence-electron chi connectivity index (χ3n) is 2.41. The number of carbonyl (C=O) groups excluding carboxylic acids is 1. The predicted octanol–water partition coefficient (Wildman–Crippen LogP) is 1.00. The average Bonchev–Trinajstić information content (AvgIpc) is 2.26. The van der Waals surface area contributed by atoms with Crippen molar-refractivity contribution in [2.75, 3.05) is 11.6 Å². The zero-order valence-electron chi connectivity index (χ0n) is 8.99. The minimum atomic E-state index is -0.433. The van der Waals surface area contributed by atoms with Crippen LogP contribution in [0.2, 0.25) is 0 Å². The van der Waals surface area contributed by atoms with Crippen molar-refractivity contribution in [1.82, 2.24) is 5.32 Å². The maximum Gasteiger partial charge on any atom is 0.337 e. The molecular formula is C10H12N2O3S. The van der Waals surface area contributed by atoms with Crippen molar-refractivity contribution < 1.29 is 9.21 Å². The van der Waals surface area contributed by atoms with Crippen LogP contribution in [0.15, 0.2) is 15.3 Å². The topological polar surface area (TPSA) is 71.3 Å². The molecule has 0 radical (unpaired) electrons. The van der Waals surface area contributed by atoms with Crippen LogP contribution < -0.4 is 16.3 Å². The standard InChI is InChI=1S/C10H12N2O3S/c1-3-5-4-6(13)15-9-7(5)8(14)11-10(12-9)16-2/h4,10,12H,3H2,1-2H3,(H,11,14). The van der Waals surface area contributed by atoms with Gasteiger partial charge in [0.15, 0.2) is 0 Å². The molecule has 86 valence electrons. The molecule has 16 heavy (non-hydrogen) atoms. The molecule has 1 atom stereocenters. The first-order valence-corrected chi connectivity index (χ1v) is 6.21. The molecule has 0 fully saturated rings. The van der Waals surface area contributed by atoms with Gasteiger partial charge in [0.1, 0.15) is 11.1 Å². The second kappa shape index (κ2) is 4.21. The van der Waals surface area contributed by atoms with E-state index in [1.807, 2.05) is 13.2 Å². The van der Waals surface area contributed by atoms with Crippen molar-refractivity contribution in [3.63, 3.8) is 0 Å². The summed E-state index contributed by atoms with van der Waals surface area (Å²) in [5, 5.41) is 5.72. The van der Waals surface area contributed by atoms with Crippen molar-refractivity contribution in [2.24, 2.45) is 0 Å². The van der Waals surface area contributed by atoms with Crippen LogP contribution in [0.4, 0.5) is 5.88 Å². The summed E-state index contributed by atoms with van der Waals surface area (Å²) in [5.74, 6) is 0.0705. The number of carbonyl (C=O) groups is 1. The Hall–Kier alpha value is -1.43. The number of fused-ring (bicyclic) bond motifs is 1. The van der Waals surface area contributed by atoms with Crippen molar-refractivity contribution in [3.05, 3.63) is 27.6 Å². The Kier molecular flexibility index (Phi) is 2.91. The van der Waals surface area contributed by atoms with Gasteiger partial charge in [-0.05, 0) is 18.2 Å². The van der Waals surface area contributed by atoms with Crippen LogP contribution in [-0.2, 0) is 6.42 Å². The van der Waals surface area contributed by atoms with Crippen molar-refractivity contribution >= 4 is 23.6 Å². The van der Waals surface area contributed by atoms with Crippen LogP contribution in [0, 0.1) is 0 Å². The molecule has 2 heterocycles. The second-order valence-corrected chi connectivity index (χ2v) is 4.32. The van der Waals surface area contributed by atoms with Gasteiger partial charge in [0.2, 0.25) is 5.88 Å². The van der Waals surface area contributed by atoms with E-state index < -0.39 is 5.63 Å². The lowest BCUT2D eigenvalue weighted by Gasteiger charge is -2.25. The lowest BCUT2D eigenvalue weighted by Crippen LogP contribution is -2.43. The van der Waals surface area contributed by atoms with E-state index in [0.29, 0.717) is 17.5 Å². The van der Waals surface area contributed by atoms with Crippen molar-refractivity contribution in [1.29, 1.82) is 0 Å². The van der Waals surface area contributed by atoms with Crippen LogP contribution >= 0.6 is 11.8 Å². The summed E-state index contributed by atoms with van der Waals surface area (Å²) in [6.07, 6.45) is 2.47. The third kappa shape index (κ3) is 1.80. The number of aryl methyl sites for hydroxylation is 1. The Bertz CT molecular complexity index is 483. The van der Waals surface area contributed by atoms with Crippen LogP contribution in [-0.4, -0.2) is 17.7 Å². The van der Waals surface area contributed by atoms with E-state index in [4.69, 9.17) is 4.42 Å². The zero-order valence-corrected chi connectivity index (χ0v) is 9.81. The van der Waals surface area contributed by atoms with E-state index in [1.165, 1.54) is 17.8 Å². The number of thioether (sulfide) groups is 1. The van der Waals surface area contributed by atoms with Crippen LogP contribution in [0.25, 0.3) is 0 Å². The smallest absolute Gasteiger partial charge is 0.337 e. The maximum atomic E-state index is 11.8. The van der Waals surface area contributed by atoms with E-state index in [2.05, 4.69) is 10.6 Å². The quantitative estimate of drug-likeness (QED) is 0.807. The molecule has 1 aliphatic heterocycles. The third-order valence-corrected chi connectivity index (χ3v) is 3.12. The predicted molar refractivity (Wildman–Crippen MR) is 62.7 cm³/mol. The molecule has 6 heteroatoms. The molecule has 1 aromatic rings. The van der Waals surface area contributed by atoms with Gasteiger partial charge in [-0.1, -0.05) is 6.92 Å². The van der Waals surface area contributed by atoms with E-state index in [9.17, 15) is 9.59 Å². The van der Waals surface area contributed by atoms with Gasteiger partial charge >= 0.3 is 5.63 Å². The molecule has 2 N–H and O–H groups in total. The fraction of sp³-hybridized carbons (Fsp3) is 0.400. The molecule has 0 aliphatic carbocycles. The molecule has 0 aromatic carbocycles. The van der Waals surface area contributed by atoms with Gasteiger partial charge in [-0.15, -0.1) is 11.8 Å². The summed E-state index contributed by atoms with van der Waals surface area (Å²) >= 11 is 1.43. The fourth-order valence-electron chi connectivity index (χ4n) is 1.63. The molecule has 1 amide bonds. The normalized spacial score (nSPS) is 18.6. The highest BCUT2D eigenvalue weighted by molar-refractivity contribution is 7.99. The number of amides is 1. The minimum absolute atomic E-state index is 0.200. The van der Waals surface area contributed by atoms with Gasteiger partial charge in [-0.3, -0.25) is 4.79 Å². The van der Waals surface area contributed by atoms with E-state index in [0.717, 1.165) is 0 Å². The molecule has 0 spiro atoms. The summed E-state index contributed by atoms with van der Waals surface area (Å²) in [7, 11) is 0. The summed E-state index contributed by atoms with van der Waals surface area (Å²) in [5.41, 5.74) is 0.455. The second-order valence-electron chi connectivity index (χ2n) is 3.38. The Morgan fingerprint density at radius 3 is 2.81 bits per heavy atom. The highest BCUT2D eigenvalue weighted by Gasteiger charge is 2.27. The number of nitrogens with one attached hydrogen (secondary N) is 2. The van der Waals surface area contributed by atoms with E-state index >= 15 is 0 Å². The van der Waals surface area contributed by atoms with Gasteiger partial charge in [-0.2, -0.15) is 0 Å². The largest absolute Gasteiger partial charge is 0.406 e. The highest BCUT2D eigenvalue weighted by atomic mass is 32.2. The van der Waals surface area contributed by atoms with Gasteiger partial charge in [0, 0.05) is 6.07 Å². The van der Waals surface area contributed by atoms with E-state index in [1.54, 1.807) is 0 Å². The summed E-state index contributed by atoms with van der Waals surface area (Å²) < 4.78 is 5.00. The fourth-order valence-corrected chi connectivity index (χ4v) is 2.08. The molecule has 2 rings (SSSR count). The summed E-state index contributed by atoms with van der Waals surface area (Å²) in [4.78, 5) is 23.1. The maximum absolute atomic E-state index is 11.8. The van der Waals surface area contributed by atoms with Gasteiger partial charge < -0.3 is 15.1 Å². The molecule has 0 saturated carbocycles. The number of hydrogen-bond acceptors (Lipinski definition) is 5. The lowest BCUT2D eigenvalue weighted by atomic mass is 10.1. The molecule has 0 bridgehead atoms. The number of hydrogen-bond donors (Lipinski definition) is 2. The molecule has 1 aliphatic rings. The lowest BCUT2D eigenvalue weighted by molar-refractivity contribution is 0.0944. The van der Waals surface area contributed by atoms with Gasteiger partial charge in [0.25, 0.3) is 5.91 Å². The van der Waals surface area contributed by atoms with Crippen LogP contribution in [0.1, 0.15) is 22.8 Å². The Morgan fingerprint density at radius 1 is 1.44 bits per heavy atom. The number of anilines is 1. The first-order chi connectivity index (χ1) is 7.65. The SMILES string of the molecule is CCc1cc(=O)oc2c1C(=O)NC(SC)N2. The van der Waals surface area contributed by atoms with Crippen molar-refractivity contribution in [2.45, 2.75) is 18.8 Å². The molecule has 0 saturated heterocycles. The molecule has 1 unspecified atom stereocenters. The minimum Gasteiger partial charge on any atom is -0.406 e. The zero-order chi connectivity index (χ0) is 11.7. The van der Waals surface area contributed by atoms with E-state index in [-0.39, 0.29) is 17.3 Å². The van der Waals surface area contributed by atoms with Crippen molar-refractivity contribution in [3.8, 4) is 0 Å². The summed E-state index contributed by atoms with van der Waals surface area (Å²) in [6, 6.07) is 1.36. The Labute approximate surface area is 96.6 Å². The molecular weight excluding hydrogens is 228 g/mol.